The summed E-state index contributed by atoms with van der Waals surface area (Å²) in [6.07, 6.45) is 5.24. The number of phenolic OH excluding ortho intramolecular Hbond substituents is 1. The van der Waals surface area contributed by atoms with Gasteiger partial charge in [0.2, 0.25) is 0 Å². The average Bonchev–Trinajstić information content (AvgIpc) is 2.94. The van der Waals surface area contributed by atoms with Crippen LogP contribution in [0.3, 0.4) is 0 Å². The predicted molar refractivity (Wildman–Crippen MR) is 134 cm³/mol. The van der Waals surface area contributed by atoms with E-state index in [-0.39, 0.29) is 20.3 Å². The summed E-state index contributed by atoms with van der Waals surface area (Å²) in [5.74, 6) is 0.331. The molecule has 1 aliphatic carbocycles. The van der Waals surface area contributed by atoms with Crippen LogP contribution < -0.4 is 5.19 Å². The number of hydrogen-bond donors (Lipinski definition) is 1. The molecule has 2 aliphatic rings. The first-order chi connectivity index (χ1) is 13.3. The third kappa shape index (κ3) is 3.06. The van der Waals surface area contributed by atoms with E-state index in [0.29, 0.717) is 5.75 Å². The van der Waals surface area contributed by atoms with Crippen LogP contribution in [0.2, 0.25) is 12.1 Å². The molecule has 4 rings (SSSR count). The quantitative estimate of drug-likeness (QED) is 0.257. The molecular formula is C20H16Br2INO2SeSi. The first kappa shape index (κ1) is 21.0. The fourth-order valence-electron chi connectivity index (χ4n) is 4.16. The van der Waals surface area contributed by atoms with Crippen molar-refractivity contribution in [3.63, 3.8) is 0 Å². The second kappa shape index (κ2) is 7.78. The number of rotatable bonds is 3. The number of ketones is 1. The molecule has 28 heavy (non-hydrogen) atoms. The molecule has 1 N–H and O–H groups in total. The second-order valence-corrected chi connectivity index (χ2v) is 17.4. The fraction of sp³-hybridized carbons (Fsp3) is 0.200. The number of carbonyl (C=O) groups is 1. The van der Waals surface area contributed by atoms with Gasteiger partial charge in [-0.25, -0.2) is 0 Å². The molecule has 8 heteroatoms. The van der Waals surface area contributed by atoms with E-state index in [4.69, 9.17) is 4.99 Å². The number of aliphatic imine (C=N–C) groups is 1. The van der Waals surface area contributed by atoms with Crippen LogP contribution in [0.4, 0.5) is 5.69 Å². The summed E-state index contributed by atoms with van der Waals surface area (Å²) in [5, 5.41) is 13.3. The van der Waals surface area contributed by atoms with Crippen molar-refractivity contribution < 1.29 is 9.90 Å². The molecule has 1 aromatic carbocycles. The molecule has 0 spiro atoms. The molecule has 0 unspecified atom stereocenters. The zero-order valence-corrected chi connectivity index (χ0v) is 23.2. The second-order valence-electron chi connectivity index (χ2n) is 6.77. The number of aromatic hydroxyl groups is 1. The van der Waals surface area contributed by atoms with Crippen LogP contribution in [0, 0.1) is 3.57 Å². The summed E-state index contributed by atoms with van der Waals surface area (Å²) in [5.41, 5.74) is 2.78. The average molecular weight is 696 g/mol. The molecule has 0 fully saturated rings. The van der Waals surface area contributed by atoms with E-state index in [1.165, 1.54) is 8.53 Å². The Hall–Kier alpha value is -0.254. The monoisotopic (exact) mass is 695 g/mol. The summed E-state index contributed by atoms with van der Waals surface area (Å²) in [7, 11) is -2.26. The Morgan fingerprint density at radius 3 is 2.54 bits per heavy atom. The summed E-state index contributed by atoms with van der Waals surface area (Å²) in [4.78, 5) is 17.1. The van der Waals surface area contributed by atoms with Gasteiger partial charge in [-0.1, -0.05) is 0 Å². The molecule has 3 nitrogen and oxygen atoms in total. The molecule has 0 atom stereocenters. The molecule has 0 amide bonds. The van der Waals surface area contributed by atoms with Crippen molar-refractivity contribution in [2.75, 3.05) is 0 Å². The summed E-state index contributed by atoms with van der Waals surface area (Å²) in [6, 6.07) is 5.61. The third-order valence-electron chi connectivity index (χ3n) is 5.55. The van der Waals surface area contributed by atoms with Crippen molar-refractivity contribution in [2.24, 2.45) is 4.99 Å². The van der Waals surface area contributed by atoms with Gasteiger partial charge < -0.3 is 0 Å². The number of carbonyl (C=O) groups excluding carboxylic acids is 1. The normalized spacial score (nSPS) is 17.1. The zero-order chi connectivity index (χ0) is 20.2. The van der Waals surface area contributed by atoms with Gasteiger partial charge in [0.15, 0.2) is 0 Å². The van der Waals surface area contributed by atoms with Crippen molar-refractivity contribution in [3.05, 3.63) is 46.9 Å². The summed E-state index contributed by atoms with van der Waals surface area (Å²) in [6.45, 7) is 4.42. The molecule has 0 bridgehead atoms. The molecule has 1 aliphatic heterocycles. The van der Waals surface area contributed by atoms with E-state index in [0.717, 1.165) is 46.7 Å². The van der Waals surface area contributed by atoms with E-state index in [1.807, 2.05) is 12.1 Å². The number of benzene rings is 1. The molecule has 0 radical (unpaired) electrons. The topological polar surface area (TPSA) is 49.7 Å². The zero-order valence-electron chi connectivity index (χ0n) is 15.1. The first-order valence-electron chi connectivity index (χ1n) is 8.87. The SMILES string of the molecule is CC[Si]1(CC)C2=CC(=O)C=CC2=Nc2ccc(O)c(-c3[se]c(Br)c(I)c3Br)c21. The third-order valence-corrected chi connectivity index (χ3v) is 19.0. The first-order valence-corrected chi connectivity index (χ1v) is 15.7. The van der Waals surface area contributed by atoms with E-state index >= 15 is 0 Å². The van der Waals surface area contributed by atoms with Gasteiger partial charge in [-0.2, -0.15) is 0 Å². The van der Waals surface area contributed by atoms with Gasteiger partial charge in [0.25, 0.3) is 0 Å². The number of hydrogen-bond acceptors (Lipinski definition) is 3. The Morgan fingerprint density at radius 1 is 1.21 bits per heavy atom. The molecule has 144 valence electrons. The van der Waals surface area contributed by atoms with Gasteiger partial charge in [-0.15, -0.1) is 0 Å². The van der Waals surface area contributed by atoms with Gasteiger partial charge in [-0.3, -0.25) is 0 Å². The van der Waals surface area contributed by atoms with Crippen molar-refractivity contribution >= 4 is 99.4 Å². The van der Waals surface area contributed by atoms with Gasteiger partial charge in [0.1, 0.15) is 0 Å². The van der Waals surface area contributed by atoms with Crippen molar-refractivity contribution in [2.45, 2.75) is 25.9 Å². The summed E-state index contributed by atoms with van der Waals surface area (Å²) < 4.78 is 4.52. The minimum absolute atomic E-state index is 0.0299. The predicted octanol–water partition coefficient (Wildman–Crippen LogP) is 5.63. The van der Waals surface area contributed by atoms with E-state index in [1.54, 1.807) is 18.2 Å². The van der Waals surface area contributed by atoms with Crippen LogP contribution in [-0.4, -0.2) is 39.2 Å². The van der Waals surface area contributed by atoms with Gasteiger partial charge >= 0.3 is 203 Å². The van der Waals surface area contributed by atoms with Crippen LogP contribution in [0.5, 0.6) is 5.75 Å². The number of phenols is 1. The standard InChI is InChI=1S/C20H16Br2INO2SeSi/c1-3-28(4-2)14-9-10(25)5-6-11(14)24-12-7-8-13(26)15(19(12)28)18-16(21)17(23)20(22)27-18/h5-9,26H,3-4H2,1-2H3. The van der Waals surface area contributed by atoms with Crippen LogP contribution >= 0.6 is 54.5 Å². The van der Waals surface area contributed by atoms with Crippen LogP contribution in [0.25, 0.3) is 10.0 Å². The fourth-order valence-corrected chi connectivity index (χ4v) is 14.5. The number of halogens is 3. The van der Waals surface area contributed by atoms with Crippen molar-refractivity contribution in [1.29, 1.82) is 0 Å². The number of fused-ring (bicyclic) bond motifs is 2. The molecule has 2 heterocycles. The summed E-state index contributed by atoms with van der Waals surface area (Å²) >= 11 is 9.86. The Balaban J connectivity index is 2.14. The number of allylic oxidation sites excluding steroid dienone is 4. The molecule has 1 aromatic heterocycles. The van der Waals surface area contributed by atoms with Crippen LogP contribution in [0.15, 0.2) is 48.4 Å². The van der Waals surface area contributed by atoms with E-state index < -0.39 is 8.07 Å². The van der Waals surface area contributed by atoms with Gasteiger partial charge in [0, 0.05) is 0 Å². The van der Waals surface area contributed by atoms with Gasteiger partial charge in [-0.05, 0) is 0 Å². The van der Waals surface area contributed by atoms with Crippen molar-refractivity contribution in [1.82, 2.24) is 0 Å². The number of nitrogens with zero attached hydrogens (tertiary/aromatic N) is 1. The van der Waals surface area contributed by atoms with Gasteiger partial charge in [0.05, 0.1) is 0 Å². The Bertz CT molecular complexity index is 1120. The minimum atomic E-state index is -2.26. The molecule has 0 saturated heterocycles. The van der Waals surface area contributed by atoms with Crippen molar-refractivity contribution in [3.8, 4) is 15.8 Å². The maximum atomic E-state index is 12.2. The Morgan fingerprint density at radius 2 is 1.93 bits per heavy atom. The molecule has 2 aromatic rings. The Labute approximate surface area is 201 Å². The molecular weight excluding hydrogens is 680 g/mol. The van der Waals surface area contributed by atoms with Crippen LogP contribution in [-0.2, 0) is 4.79 Å². The maximum absolute atomic E-state index is 12.2. The van der Waals surface area contributed by atoms with E-state index in [2.05, 4.69) is 68.3 Å². The molecule has 0 saturated carbocycles. The van der Waals surface area contributed by atoms with E-state index in [9.17, 15) is 9.90 Å². The van der Waals surface area contributed by atoms with Crippen LogP contribution in [0.1, 0.15) is 13.8 Å². The Kier molecular flexibility index (Phi) is 5.83.